The fourth-order valence-corrected chi connectivity index (χ4v) is 2.51. The highest BCUT2D eigenvalue weighted by molar-refractivity contribution is 6.05. The average molecular weight is 361 g/mol. The van der Waals surface area contributed by atoms with Gasteiger partial charge in [0.15, 0.2) is 0 Å². The van der Waals surface area contributed by atoms with E-state index in [-0.39, 0.29) is 11.1 Å². The van der Waals surface area contributed by atoms with Crippen LogP contribution in [0.4, 0.5) is 10.1 Å². The van der Waals surface area contributed by atoms with Crippen LogP contribution in [0.5, 0.6) is 0 Å². The SMILES string of the molecule is O=C(O)c1ccc(C=Cc2ccccc2NC(=O)c2ccccc2F)cc1. The Morgan fingerprint density at radius 2 is 1.52 bits per heavy atom. The fraction of sp³-hybridized carbons (Fsp3) is 0. The second-order valence-electron chi connectivity index (χ2n) is 5.78. The van der Waals surface area contributed by atoms with Crippen LogP contribution >= 0.6 is 0 Å². The summed E-state index contributed by atoms with van der Waals surface area (Å²) in [6, 6.07) is 19.4. The van der Waals surface area contributed by atoms with Crippen molar-refractivity contribution in [3.05, 3.63) is 101 Å². The number of nitrogens with one attached hydrogen (secondary N) is 1. The second-order valence-corrected chi connectivity index (χ2v) is 5.78. The van der Waals surface area contributed by atoms with E-state index in [0.717, 1.165) is 11.1 Å². The van der Waals surface area contributed by atoms with Gasteiger partial charge in [0, 0.05) is 5.69 Å². The number of hydrogen-bond donors (Lipinski definition) is 2. The van der Waals surface area contributed by atoms with E-state index < -0.39 is 17.7 Å². The van der Waals surface area contributed by atoms with Crippen molar-refractivity contribution in [1.82, 2.24) is 0 Å². The van der Waals surface area contributed by atoms with Gasteiger partial charge < -0.3 is 10.4 Å². The van der Waals surface area contributed by atoms with Crippen molar-refractivity contribution < 1.29 is 19.1 Å². The third-order valence-electron chi connectivity index (χ3n) is 3.94. The largest absolute Gasteiger partial charge is 0.478 e. The third kappa shape index (κ3) is 4.46. The quantitative estimate of drug-likeness (QED) is 0.632. The number of carbonyl (C=O) groups is 2. The van der Waals surface area contributed by atoms with Gasteiger partial charge in [0.25, 0.3) is 5.91 Å². The predicted molar refractivity (Wildman–Crippen MR) is 103 cm³/mol. The molecule has 0 aliphatic heterocycles. The molecule has 0 aromatic heterocycles. The molecule has 1 amide bonds. The van der Waals surface area contributed by atoms with Crippen LogP contribution in [-0.2, 0) is 0 Å². The van der Waals surface area contributed by atoms with Gasteiger partial charge in [-0.05, 0) is 41.5 Å². The lowest BCUT2D eigenvalue weighted by Gasteiger charge is -2.09. The van der Waals surface area contributed by atoms with Gasteiger partial charge in [0.2, 0.25) is 0 Å². The maximum Gasteiger partial charge on any atom is 0.335 e. The summed E-state index contributed by atoms with van der Waals surface area (Å²) in [6.45, 7) is 0. The summed E-state index contributed by atoms with van der Waals surface area (Å²) in [5.74, 6) is -2.09. The number of halogens is 1. The van der Waals surface area contributed by atoms with Crippen molar-refractivity contribution in [1.29, 1.82) is 0 Å². The molecule has 3 aromatic rings. The van der Waals surface area contributed by atoms with Crippen molar-refractivity contribution in [2.75, 3.05) is 5.32 Å². The number of carboxylic acids is 1. The summed E-state index contributed by atoms with van der Waals surface area (Å²) in [4.78, 5) is 23.2. The van der Waals surface area contributed by atoms with Crippen LogP contribution in [0.25, 0.3) is 12.2 Å². The Kier molecular flexibility index (Phi) is 5.42. The van der Waals surface area contributed by atoms with Crippen LogP contribution in [0.15, 0.2) is 72.8 Å². The van der Waals surface area contributed by atoms with Crippen LogP contribution in [0.1, 0.15) is 31.8 Å². The van der Waals surface area contributed by atoms with Crippen molar-refractivity contribution in [3.8, 4) is 0 Å². The Morgan fingerprint density at radius 1 is 0.852 bits per heavy atom. The Labute approximate surface area is 155 Å². The van der Waals surface area contributed by atoms with Gasteiger partial charge in [-0.3, -0.25) is 4.79 Å². The molecule has 0 fully saturated rings. The molecule has 0 saturated heterocycles. The monoisotopic (exact) mass is 361 g/mol. The van der Waals surface area contributed by atoms with Crippen LogP contribution in [0, 0.1) is 5.82 Å². The molecule has 4 nitrogen and oxygen atoms in total. The summed E-state index contributed by atoms with van der Waals surface area (Å²) >= 11 is 0. The van der Waals surface area contributed by atoms with Gasteiger partial charge in [-0.15, -0.1) is 0 Å². The molecule has 0 unspecified atom stereocenters. The maximum atomic E-state index is 13.8. The van der Waals surface area contributed by atoms with Crippen LogP contribution in [0.3, 0.4) is 0 Å². The molecule has 134 valence electrons. The standard InChI is InChI=1S/C22H16FNO3/c23-19-7-3-2-6-18(19)21(25)24-20-8-4-1-5-16(20)12-9-15-10-13-17(14-11-15)22(26)27/h1-14H,(H,24,25)(H,26,27). The van der Waals surface area contributed by atoms with Gasteiger partial charge in [-0.25, -0.2) is 9.18 Å². The topological polar surface area (TPSA) is 66.4 Å². The first-order valence-electron chi connectivity index (χ1n) is 8.21. The summed E-state index contributed by atoms with van der Waals surface area (Å²) in [7, 11) is 0. The van der Waals surface area contributed by atoms with E-state index >= 15 is 0 Å². The zero-order valence-corrected chi connectivity index (χ0v) is 14.2. The molecule has 0 saturated carbocycles. The van der Waals surface area contributed by atoms with Crippen molar-refractivity contribution in [3.63, 3.8) is 0 Å². The number of hydrogen-bond acceptors (Lipinski definition) is 2. The molecule has 0 atom stereocenters. The first kappa shape index (κ1) is 18.1. The molecule has 0 radical (unpaired) electrons. The lowest BCUT2D eigenvalue weighted by atomic mass is 10.1. The van der Waals surface area contributed by atoms with E-state index in [0.29, 0.717) is 5.69 Å². The molecule has 0 aliphatic rings. The van der Waals surface area contributed by atoms with Gasteiger partial charge >= 0.3 is 5.97 Å². The fourth-order valence-electron chi connectivity index (χ4n) is 2.51. The highest BCUT2D eigenvalue weighted by Crippen LogP contribution is 2.20. The molecular weight excluding hydrogens is 345 g/mol. The van der Waals surface area contributed by atoms with Gasteiger partial charge in [0.1, 0.15) is 5.82 Å². The summed E-state index contributed by atoms with van der Waals surface area (Å²) in [5.41, 5.74) is 2.29. The normalized spacial score (nSPS) is 10.7. The summed E-state index contributed by atoms with van der Waals surface area (Å²) < 4.78 is 13.8. The minimum atomic E-state index is -0.980. The minimum Gasteiger partial charge on any atom is -0.478 e. The number of para-hydroxylation sites is 1. The molecule has 0 heterocycles. The third-order valence-corrected chi connectivity index (χ3v) is 3.94. The van der Waals surface area contributed by atoms with Crippen molar-refractivity contribution in [2.45, 2.75) is 0 Å². The summed E-state index contributed by atoms with van der Waals surface area (Å²) in [5, 5.41) is 11.7. The van der Waals surface area contributed by atoms with Crippen LogP contribution in [0.2, 0.25) is 0 Å². The molecule has 0 spiro atoms. The lowest BCUT2D eigenvalue weighted by Crippen LogP contribution is -2.14. The van der Waals surface area contributed by atoms with E-state index in [1.165, 1.54) is 30.3 Å². The van der Waals surface area contributed by atoms with Crippen molar-refractivity contribution in [2.24, 2.45) is 0 Å². The average Bonchev–Trinajstić information content (AvgIpc) is 2.68. The number of carboxylic acid groups (broad SMARTS) is 1. The van der Waals surface area contributed by atoms with Gasteiger partial charge in [0.05, 0.1) is 11.1 Å². The van der Waals surface area contributed by atoms with E-state index in [1.807, 2.05) is 12.1 Å². The Bertz CT molecular complexity index is 1010. The molecule has 0 bridgehead atoms. The van der Waals surface area contributed by atoms with Crippen molar-refractivity contribution >= 4 is 29.7 Å². The number of amides is 1. The second kappa shape index (κ2) is 8.10. The van der Waals surface area contributed by atoms with E-state index in [1.54, 1.807) is 42.5 Å². The molecule has 27 heavy (non-hydrogen) atoms. The van der Waals surface area contributed by atoms with Gasteiger partial charge in [-0.1, -0.05) is 54.6 Å². The summed E-state index contributed by atoms with van der Waals surface area (Å²) in [6.07, 6.45) is 3.60. The minimum absolute atomic E-state index is 0.0273. The number of carbonyl (C=O) groups excluding carboxylic acids is 1. The lowest BCUT2D eigenvalue weighted by molar-refractivity contribution is 0.0696. The number of anilines is 1. The van der Waals surface area contributed by atoms with Gasteiger partial charge in [-0.2, -0.15) is 0 Å². The maximum absolute atomic E-state index is 13.8. The Balaban J connectivity index is 1.80. The number of benzene rings is 3. The Morgan fingerprint density at radius 3 is 2.22 bits per heavy atom. The Hall–Kier alpha value is -3.73. The predicted octanol–water partition coefficient (Wildman–Crippen LogP) is 4.95. The van der Waals surface area contributed by atoms with E-state index in [2.05, 4.69) is 5.32 Å². The smallest absolute Gasteiger partial charge is 0.335 e. The zero-order valence-electron chi connectivity index (χ0n) is 14.2. The van der Waals surface area contributed by atoms with Crippen LogP contribution < -0.4 is 5.32 Å². The highest BCUT2D eigenvalue weighted by atomic mass is 19.1. The zero-order chi connectivity index (χ0) is 19.2. The molecule has 5 heteroatoms. The van der Waals surface area contributed by atoms with E-state index in [4.69, 9.17) is 5.11 Å². The molecule has 3 rings (SSSR count). The van der Waals surface area contributed by atoms with E-state index in [9.17, 15) is 14.0 Å². The van der Waals surface area contributed by atoms with Crippen LogP contribution in [-0.4, -0.2) is 17.0 Å². The molecule has 2 N–H and O–H groups in total. The highest BCUT2D eigenvalue weighted by Gasteiger charge is 2.12. The molecular formula is C22H16FNO3. The number of rotatable bonds is 5. The number of aromatic carboxylic acids is 1. The molecule has 0 aliphatic carbocycles. The first-order chi connectivity index (χ1) is 13.0. The molecule has 3 aromatic carbocycles. The first-order valence-corrected chi connectivity index (χ1v) is 8.21.